The molecule has 8 bridgehead atoms. The number of nitrogens with one attached hydrogen (secondary N) is 7. The van der Waals surface area contributed by atoms with Crippen LogP contribution in [-0.4, -0.2) is 144 Å². The Kier molecular flexibility index (Phi) is 14.9. The van der Waals surface area contributed by atoms with Gasteiger partial charge in [0.1, 0.15) is 0 Å². The van der Waals surface area contributed by atoms with Gasteiger partial charge in [-0.25, -0.2) is 16.8 Å². The predicted molar refractivity (Wildman–Crippen MR) is 247 cm³/mol. The van der Waals surface area contributed by atoms with E-state index in [9.17, 15) is 60.9 Å². The fourth-order valence-corrected chi connectivity index (χ4v) is 19.2. The molecule has 9 fully saturated rings. The third kappa shape index (κ3) is 10.5. The van der Waals surface area contributed by atoms with Crippen molar-refractivity contribution in [1.29, 1.82) is 0 Å². The molecule has 5 saturated heterocycles. The molecular formula is C40H63CuN9O14S5. The largest absolute Gasteiger partial charge is 2.00 e. The van der Waals surface area contributed by atoms with Gasteiger partial charge >= 0.3 is 17.1 Å². The topological polar surface area (TPSA) is 364 Å². The van der Waals surface area contributed by atoms with Crippen molar-refractivity contribution in [2.24, 2.45) is 47.3 Å². The van der Waals surface area contributed by atoms with Crippen molar-refractivity contribution in [2.75, 3.05) is 17.1 Å². The third-order valence-corrected chi connectivity index (χ3v) is 24.6. The normalized spacial score (nSPS) is 43.7. The molecule has 20 unspecified atom stereocenters. The zero-order valence-corrected chi connectivity index (χ0v) is 42.4. The maximum Gasteiger partial charge on any atom is 2.00 e. The zero-order chi connectivity index (χ0) is 48.3. The minimum Gasteiger partial charge on any atom is -0.632 e. The third-order valence-electron chi connectivity index (χ3n) is 17.3. The first-order valence-electron chi connectivity index (χ1n) is 23.8. The Morgan fingerprint density at radius 3 is 1.22 bits per heavy atom. The second kappa shape index (κ2) is 19.5. The van der Waals surface area contributed by atoms with E-state index in [0.717, 1.165) is 0 Å². The Morgan fingerprint density at radius 2 is 0.812 bits per heavy atom. The monoisotopic (exact) mass is 1120 g/mol. The average Bonchev–Trinajstić information content (AvgIpc) is 4.00. The average molecular weight is 1120 g/mol. The standard InChI is InChI=1S/C40H63N9O14S5.Cu/c50-13-14-64(51,52)20-3-1-19(2-4-20)49-65(53,54)21-5-9-25-29(15-21)37-41-33(25)43-38-31-17-23(67(58,59)60)7-11-27(31)35(45-38)47-40-32-18-24(68(61,62)63)8-12-28(32)36(48-40)46-39-30-16-22(66(55,56)57)6-10-26(30)34(42-37)44-39;/h1-4,21-40,42-47,49-50H,5-18H2,(H,55,56,57)(H,58,59,60)(H,61,62,63);/q-2;+2. The summed E-state index contributed by atoms with van der Waals surface area (Å²) in [4.78, 5) is -0.0517. The fourth-order valence-electron chi connectivity index (χ4n) is 13.9. The van der Waals surface area contributed by atoms with Crippen LogP contribution >= 0.6 is 0 Å². The van der Waals surface area contributed by atoms with E-state index < -0.39 is 133 Å². The quantitative estimate of drug-likeness (QED) is 0.114. The summed E-state index contributed by atoms with van der Waals surface area (Å²) in [5.74, 6) is -2.42. The molecule has 4 saturated carbocycles. The Hall–Kier alpha value is -1.19. The van der Waals surface area contributed by atoms with Gasteiger partial charge in [0, 0.05) is 5.69 Å². The second-order valence-corrected chi connectivity index (χ2v) is 30.0. The van der Waals surface area contributed by atoms with E-state index in [0.29, 0.717) is 25.7 Å². The molecule has 11 N–H and O–H groups in total. The van der Waals surface area contributed by atoms with Crippen LogP contribution in [0.5, 0.6) is 0 Å². The molecule has 1 aromatic carbocycles. The van der Waals surface area contributed by atoms with Gasteiger partial charge in [0.2, 0.25) is 10.0 Å². The molecule has 10 rings (SSSR count). The summed E-state index contributed by atoms with van der Waals surface area (Å²) in [7, 11) is -20.9. The van der Waals surface area contributed by atoms with Crippen LogP contribution < -0.4 is 36.6 Å². The molecule has 1 aromatic rings. The number of aliphatic hydroxyl groups is 1. The minimum atomic E-state index is -4.38. The summed E-state index contributed by atoms with van der Waals surface area (Å²) in [5, 5.41) is 38.2. The van der Waals surface area contributed by atoms with Gasteiger partial charge in [0.15, 0.2) is 9.84 Å². The number of hydrogen-bond acceptors (Lipinski definition) is 17. The van der Waals surface area contributed by atoms with E-state index in [1.165, 1.54) is 24.3 Å². The van der Waals surface area contributed by atoms with Gasteiger partial charge in [-0.3, -0.25) is 29.0 Å². The number of sulfonamides is 1. The molecule has 5 heterocycles. The molecule has 0 amide bonds. The van der Waals surface area contributed by atoms with E-state index in [4.69, 9.17) is 10.6 Å². The second-order valence-electron chi connectivity index (χ2n) is 20.8. The van der Waals surface area contributed by atoms with Crippen LogP contribution in [0.1, 0.15) is 77.0 Å². The van der Waals surface area contributed by atoms with Crippen molar-refractivity contribution >= 4 is 55.9 Å². The molecule has 393 valence electrons. The van der Waals surface area contributed by atoms with Crippen LogP contribution in [0, 0.1) is 47.3 Å². The molecule has 9 aliphatic rings. The number of fused-ring (bicyclic) bond motifs is 20. The van der Waals surface area contributed by atoms with E-state index in [1.807, 2.05) is 0 Å². The first kappa shape index (κ1) is 52.7. The summed E-state index contributed by atoms with van der Waals surface area (Å²) in [6.07, 6.45) is -0.899. The molecule has 23 nitrogen and oxygen atoms in total. The SMILES string of the molecule is O=S(=O)(CCO)c1ccc(NS(=O)(=O)C2CCC3C4[N-]C(NC5NC(NC6[N-]C(NC7NC(N4)C4CC(S(=O)(=O)O)CCC74)C4CC(S(=O)(=O)O)CCC64)C4CC(S(=O)(=O)O)CCC54)C3C2)cc1.[Cu+2]. The molecule has 1 radical (unpaired) electrons. The van der Waals surface area contributed by atoms with Crippen molar-refractivity contribution in [3.8, 4) is 0 Å². The van der Waals surface area contributed by atoms with E-state index >= 15 is 0 Å². The molecule has 69 heavy (non-hydrogen) atoms. The fraction of sp³-hybridized carbons (Fsp3) is 0.850. The number of hydrogen-bond donors (Lipinski definition) is 11. The summed E-state index contributed by atoms with van der Waals surface area (Å²) in [5.41, 5.74) is 0.178. The van der Waals surface area contributed by atoms with Gasteiger partial charge in [-0.1, -0.05) is 24.7 Å². The molecule has 29 heteroatoms. The molecule has 0 aromatic heterocycles. The van der Waals surface area contributed by atoms with E-state index in [1.54, 1.807) is 0 Å². The van der Waals surface area contributed by atoms with Crippen LogP contribution in [-0.2, 0) is 67.3 Å². The van der Waals surface area contributed by atoms with Gasteiger partial charge in [-0.05, 0) is 149 Å². The van der Waals surface area contributed by atoms with Crippen LogP contribution in [0.2, 0.25) is 0 Å². The molecule has 0 spiro atoms. The number of anilines is 1. The Bertz CT molecular complexity index is 2610. The molecule has 20 atom stereocenters. The summed E-state index contributed by atoms with van der Waals surface area (Å²) in [6, 6.07) is 5.32. The van der Waals surface area contributed by atoms with Gasteiger partial charge in [0.25, 0.3) is 30.4 Å². The van der Waals surface area contributed by atoms with Crippen LogP contribution in [0.15, 0.2) is 29.2 Å². The maximum atomic E-state index is 14.2. The van der Waals surface area contributed by atoms with Crippen LogP contribution in [0.3, 0.4) is 0 Å². The number of nitrogens with zero attached hydrogens (tertiary/aromatic N) is 2. The Morgan fingerprint density at radius 1 is 0.464 bits per heavy atom. The maximum absolute atomic E-state index is 14.2. The van der Waals surface area contributed by atoms with Gasteiger partial charge < -0.3 is 37.0 Å². The smallest absolute Gasteiger partial charge is 0.632 e. The Balaban J connectivity index is 0.00000593. The summed E-state index contributed by atoms with van der Waals surface area (Å²) < 4.78 is 162. The zero-order valence-electron chi connectivity index (χ0n) is 37.4. The molecular weight excluding hydrogens is 1050 g/mol. The number of rotatable bonds is 9. The van der Waals surface area contributed by atoms with Gasteiger partial charge in [-0.15, -0.1) is 0 Å². The van der Waals surface area contributed by atoms with Gasteiger partial charge in [0.05, 0.1) is 62.9 Å². The van der Waals surface area contributed by atoms with Crippen molar-refractivity contribution in [3.63, 3.8) is 0 Å². The van der Waals surface area contributed by atoms with Crippen LogP contribution in [0.4, 0.5) is 5.69 Å². The number of sulfone groups is 1. The van der Waals surface area contributed by atoms with Crippen molar-refractivity contribution in [3.05, 3.63) is 34.9 Å². The summed E-state index contributed by atoms with van der Waals surface area (Å²) in [6.45, 7) is -0.560. The summed E-state index contributed by atoms with van der Waals surface area (Å²) >= 11 is 0. The molecule has 5 aliphatic heterocycles. The first-order chi connectivity index (χ1) is 32.0. The Labute approximate surface area is 414 Å². The predicted octanol–water partition coefficient (Wildman–Crippen LogP) is -0.0434. The number of benzene rings is 1. The van der Waals surface area contributed by atoms with E-state index in [-0.39, 0.29) is 126 Å². The molecule has 4 aliphatic carbocycles. The van der Waals surface area contributed by atoms with Gasteiger partial charge in [-0.2, -0.15) is 25.3 Å². The minimum absolute atomic E-state index is 0. The van der Waals surface area contributed by atoms with Crippen molar-refractivity contribution in [1.82, 2.24) is 31.9 Å². The van der Waals surface area contributed by atoms with Crippen molar-refractivity contribution < 1.29 is 77.9 Å². The van der Waals surface area contributed by atoms with Crippen molar-refractivity contribution in [2.45, 2.75) is 152 Å². The van der Waals surface area contributed by atoms with E-state index in [2.05, 4.69) is 36.6 Å². The van der Waals surface area contributed by atoms with Crippen LogP contribution in [0.25, 0.3) is 10.6 Å². The first-order valence-corrected chi connectivity index (χ1v) is 31.5. The number of aliphatic hydroxyl groups excluding tert-OH is 1.